The van der Waals surface area contributed by atoms with Gasteiger partial charge in [0.2, 0.25) is 18.9 Å². The van der Waals surface area contributed by atoms with E-state index in [0.29, 0.717) is 28.7 Å². The molecular weight excluding hydrogens is 1000 g/mol. The highest BCUT2D eigenvalue weighted by molar-refractivity contribution is 14.1. The van der Waals surface area contributed by atoms with E-state index in [0.717, 1.165) is 45.4 Å². The minimum atomic E-state index is -1.51. The van der Waals surface area contributed by atoms with Crippen molar-refractivity contribution < 1.29 is 62.9 Å². The Labute approximate surface area is 372 Å². The van der Waals surface area contributed by atoms with Crippen LogP contribution >= 0.6 is 45.2 Å². The number of benzene rings is 5. The Morgan fingerprint density at radius 3 is 1.37 bits per heavy atom. The Bertz CT molecular complexity index is 2400. The van der Waals surface area contributed by atoms with Gasteiger partial charge in [0.25, 0.3) is 0 Å². The van der Waals surface area contributed by atoms with Gasteiger partial charge in [-0.25, -0.2) is 14.4 Å². The van der Waals surface area contributed by atoms with Gasteiger partial charge in [0.05, 0.1) is 7.14 Å². The quantitative estimate of drug-likeness (QED) is 0.0280. The monoisotopic (exact) mass is 1040 g/mol. The maximum atomic E-state index is 12.0. The van der Waals surface area contributed by atoms with Gasteiger partial charge in [0, 0.05) is 33.8 Å². The summed E-state index contributed by atoms with van der Waals surface area (Å²) < 4.78 is 40.6. The van der Waals surface area contributed by atoms with E-state index in [1.54, 1.807) is 12.1 Å². The van der Waals surface area contributed by atoms with E-state index in [1.165, 1.54) is 20.8 Å². The van der Waals surface area contributed by atoms with Crippen molar-refractivity contribution in [2.75, 3.05) is 19.8 Å². The Kier molecular flexibility index (Phi) is 14.1. The first-order valence-corrected chi connectivity index (χ1v) is 20.5. The molecule has 3 atom stereocenters. The second-order valence-corrected chi connectivity index (χ2v) is 16.2. The third kappa shape index (κ3) is 10.2. The van der Waals surface area contributed by atoms with Crippen molar-refractivity contribution in [2.45, 2.75) is 45.6 Å². The van der Waals surface area contributed by atoms with Crippen LogP contribution in [-0.2, 0) is 28.6 Å². The van der Waals surface area contributed by atoms with Crippen molar-refractivity contribution in [3.63, 3.8) is 0 Å². The SMILES string of the molecule is C=C(C)C(=O)OC(O)COc1ccc2c3c(ccc2c1)Oc1ccc2cc(OCC(O)OC(=O)C(=C)C)ccc2c1C3c1cc(I)c(OCC(O)OC(=O)C(=C)C)c(I)c1. The number of hydrogen-bond donors (Lipinski definition) is 3. The molecule has 1 heterocycles. The Balaban J connectivity index is 1.40. The summed E-state index contributed by atoms with van der Waals surface area (Å²) in [6.45, 7) is 14.1. The molecule has 60 heavy (non-hydrogen) atoms. The van der Waals surface area contributed by atoms with Gasteiger partial charge in [-0.3, -0.25) is 0 Å². The molecule has 6 rings (SSSR count). The molecule has 0 spiro atoms. The summed E-state index contributed by atoms with van der Waals surface area (Å²) in [4.78, 5) is 35.7. The summed E-state index contributed by atoms with van der Waals surface area (Å²) >= 11 is 4.35. The highest BCUT2D eigenvalue weighted by Crippen LogP contribution is 2.53. The van der Waals surface area contributed by atoms with Gasteiger partial charge in [-0.1, -0.05) is 44.0 Å². The average Bonchev–Trinajstić information content (AvgIpc) is 3.20. The number of aliphatic hydroxyl groups excluding tert-OH is 3. The highest BCUT2D eigenvalue weighted by atomic mass is 127. The van der Waals surface area contributed by atoms with Crippen LogP contribution in [0.25, 0.3) is 21.5 Å². The number of hydrogen-bond acceptors (Lipinski definition) is 13. The lowest BCUT2D eigenvalue weighted by atomic mass is 9.78. The van der Waals surface area contributed by atoms with Crippen LogP contribution in [0.4, 0.5) is 0 Å². The topological polar surface area (TPSA) is 177 Å². The molecule has 0 saturated heterocycles. The van der Waals surface area contributed by atoms with E-state index in [1.807, 2.05) is 60.7 Å². The molecule has 3 N–H and O–H groups in total. The van der Waals surface area contributed by atoms with Gasteiger partial charge in [-0.05, 0) is 142 Å². The fourth-order valence-corrected chi connectivity index (χ4v) is 8.45. The molecule has 0 radical (unpaired) electrons. The van der Waals surface area contributed by atoms with Crippen molar-refractivity contribution in [1.29, 1.82) is 0 Å². The number of rotatable bonds is 16. The first kappa shape index (κ1) is 44.3. The van der Waals surface area contributed by atoms with Gasteiger partial charge < -0.3 is 48.5 Å². The molecule has 13 nitrogen and oxygen atoms in total. The molecule has 5 aromatic rings. The predicted molar refractivity (Wildman–Crippen MR) is 238 cm³/mol. The number of esters is 3. The Morgan fingerprint density at radius 1 is 0.600 bits per heavy atom. The first-order chi connectivity index (χ1) is 28.5. The predicted octanol–water partition coefficient (Wildman–Crippen LogP) is 7.94. The molecule has 312 valence electrons. The molecule has 1 aliphatic heterocycles. The maximum Gasteiger partial charge on any atom is 0.335 e. The van der Waals surface area contributed by atoms with Crippen molar-refractivity contribution >= 4 is 84.6 Å². The fraction of sp³-hybridized carbons (Fsp3) is 0.222. The van der Waals surface area contributed by atoms with Gasteiger partial charge in [-0.2, -0.15) is 0 Å². The number of ether oxygens (including phenoxy) is 7. The molecule has 0 bridgehead atoms. The molecule has 5 aromatic carbocycles. The van der Waals surface area contributed by atoms with Crippen LogP contribution in [0.5, 0.6) is 28.7 Å². The number of halogens is 2. The zero-order chi connectivity index (χ0) is 43.4. The van der Waals surface area contributed by atoms with Crippen molar-refractivity contribution in [1.82, 2.24) is 0 Å². The van der Waals surface area contributed by atoms with E-state index in [9.17, 15) is 29.7 Å². The molecule has 0 saturated carbocycles. The zero-order valence-corrected chi connectivity index (χ0v) is 37.0. The lowest BCUT2D eigenvalue weighted by molar-refractivity contribution is -0.168. The number of fused-ring (bicyclic) bond motifs is 6. The summed E-state index contributed by atoms with van der Waals surface area (Å²) in [5.41, 5.74) is 3.05. The number of carbonyl (C=O) groups is 3. The third-order valence-electron chi connectivity index (χ3n) is 9.07. The summed E-state index contributed by atoms with van der Waals surface area (Å²) in [6.07, 6.45) is -4.52. The summed E-state index contributed by atoms with van der Waals surface area (Å²) in [7, 11) is 0. The smallest absolute Gasteiger partial charge is 0.335 e. The number of carbonyl (C=O) groups excluding carboxylic acids is 3. The van der Waals surface area contributed by atoms with Crippen LogP contribution < -0.4 is 18.9 Å². The zero-order valence-electron chi connectivity index (χ0n) is 32.7. The minimum absolute atomic E-state index is 0.146. The highest BCUT2D eigenvalue weighted by Gasteiger charge is 2.33. The molecule has 0 aromatic heterocycles. The molecule has 15 heteroatoms. The van der Waals surface area contributed by atoms with Gasteiger partial charge in [0.15, 0.2) is 19.8 Å². The lowest BCUT2D eigenvalue weighted by Gasteiger charge is -2.32. The Hall–Kier alpha value is -5.21. The van der Waals surface area contributed by atoms with E-state index < -0.39 is 42.7 Å². The number of aliphatic hydroxyl groups is 3. The van der Waals surface area contributed by atoms with Crippen LogP contribution in [0, 0.1) is 7.14 Å². The van der Waals surface area contributed by atoms with Gasteiger partial charge >= 0.3 is 17.9 Å². The first-order valence-electron chi connectivity index (χ1n) is 18.3. The largest absolute Gasteiger partial charge is 0.487 e. The van der Waals surface area contributed by atoms with Crippen LogP contribution in [0.15, 0.2) is 109 Å². The lowest BCUT2D eigenvalue weighted by Crippen LogP contribution is -2.25. The van der Waals surface area contributed by atoms with Crippen molar-refractivity contribution in [3.05, 3.63) is 133 Å². The second-order valence-electron chi connectivity index (χ2n) is 13.9. The second kappa shape index (κ2) is 19.0. The summed E-state index contributed by atoms with van der Waals surface area (Å²) in [6, 6.07) is 22.5. The van der Waals surface area contributed by atoms with Crippen LogP contribution in [0.3, 0.4) is 0 Å². The van der Waals surface area contributed by atoms with Crippen LogP contribution in [0.1, 0.15) is 43.4 Å². The molecule has 0 amide bonds. The third-order valence-corrected chi connectivity index (χ3v) is 10.7. The van der Waals surface area contributed by atoms with Gasteiger partial charge in [0.1, 0.15) is 28.7 Å². The van der Waals surface area contributed by atoms with Crippen molar-refractivity contribution in [3.8, 4) is 28.7 Å². The Morgan fingerprint density at radius 2 is 0.983 bits per heavy atom. The van der Waals surface area contributed by atoms with E-state index in [4.69, 9.17) is 33.2 Å². The summed E-state index contributed by atoms with van der Waals surface area (Å²) in [5.74, 6) is -0.00866. The minimum Gasteiger partial charge on any atom is -0.487 e. The van der Waals surface area contributed by atoms with E-state index in [-0.39, 0.29) is 36.5 Å². The van der Waals surface area contributed by atoms with Crippen molar-refractivity contribution in [2.24, 2.45) is 0 Å². The van der Waals surface area contributed by atoms with Crippen LogP contribution in [0.2, 0.25) is 0 Å². The van der Waals surface area contributed by atoms with E-state index >= 15 is 0 Å². The normalized spacial score (nSPS) is 14.4. The standard InChI is InChI=1S/C45H40I2O13/c1-22(2)43(51)58-36(48)19-54-28-9-11-30-25(15-28)7-13-34-40(30)39(27-17-32(46)42(33(47)18-27)56-21-38(50)60-45(53)24(5)6)41-31-12-10-29(16-26(31)8-14-35(41)57-34)55-20-37(49)59-44(52)23(3)4/h7-18,36-39,48-50H,1,3,5,19-21H2,2,4,6H3. The maximum absolute atomic E-state index is 12.0. The average molecular weight is 1040 g/mol. The molecule has 0 fully saturated rings. The fourth-order valence-electron chi connectivity index (χ4n) is 6.32. The van der Waals surface area contributed by atoms with Gasteiger partial charge in [-0.15, -0.1) is 0 Å². The molecular formula is C45H40I2O13. The van der Waals surface area contributed by atoms with Crippen LogP contribution in [-0.4, -0.2) is 71.9 Å². The summed E-state index contributed by atoms with van der Waals surface area (Å²) in [5, 5.41) is 34.1. The molecule has 1 aliphatic rings. The molecule has 0 aliphatic carbocycles. The molecule has 3 unspecified atom stereocenters. The van der Waals surface area contributed by atoms with E-state index in [2.05, 4.69) is 64.9 Å².